The molecule has 4 nitrogen and oxygen atoms in total. The predicted octanol–water partition coefficient (Wildman–Crippen LogP) is 1.94. The minimum atomic E-state index is -0.813. The van der Waals surface area contributed by atoms with Crippen LogP contribution in [-0.2, 0) is 4.79 Å². The maximum absolute atomic E-state index is 10.5. The summed E-state index contributed by atoms with van der Waals surface area (Å²) in [6.45, 7) is 1.65. The standard InChI is InChI=1S/C8H9ClN2O2S/c1-5(8(12)13)4-14-7-3-10-2-6(9)11-7/h2-3,5H,4H2,1H3,(H,12,13). The summed E-state index contributed by atoms with van der Waals surface area (Å²) < 4.78 is 0. The van der Waals surface area contributed by atoms with Crippen molar-refractivity contribution in [3.05, 3.63) is 17.5 Å². The third kappa shape index (κ3) is 3.51. The van der Waals surface area contributed by atoms with Crippen molar-refractivity contribution in [3.8, 4) is 0 Å². The van der Waals surface area contributed by atoms with Crippen molar-refractivity contribution in [1.82, 2.24) is 9.97 Å². The molecule has 1 unspecified atom stereocenters. The molecule has 1 N–H and O–H groups in total. The highest BCUT2D eigenvalue weighted by Crippen LogP contribution is 2.18. The zero-order valence-corrected chi connectivity index (χ0v) is 9.05. The van der Waals surface area contributed by atoms with Crippen molar-refractivity contribution in [2.45, 2.75) is 11.9 Å². The molecule has 1 atom stereocenters. The Kier molecular flexibility index (Phi) is 4.16. The maximum atomic E-state index is 10.5. The lowest BCUT2D eigenvalue weighted by Gasteiger charge is -2.04. The van der Waals surface area contributed by atoms with Crippen molar-refractivity contribution in [3.63, 3.8) is 0 Å². The topological polar surface area (TPSA) is 63.1 Å². The molecule has 0 radical (unpaired) electrons. The first-order valence-corrected chi connectivity index (χ1v) is 5.29. The summed E-state index contributed by atoms with van der Waals surface area (Å²) in [5, 5.41) is 9.60. The lowest BCUT2D eigenvalue weighted by atomic mass is 10.2. The summed E-state index contributed by atoms with van der Waals surface area (Å²) in [6.07, 6.45) is 3.00. The number of aromatic nitrogens is 2. The monoisotopic (exact) mass is 232 g/mol. The summed E-state index contributed by atoms with van der Waals surface area (Å²) in [7, 11) is 0. The van der Waals surface area contributed by atoms with Gasteiger partial charge in [-0.3, -0.25) is 9.78 Å². The smallest absolute Gasteiger partial charge is 0.307 e. The highest BCUT2D eigenvalue weighted by atomic mass is 35.5. The first-order valence-electron chi connectivity index (χ1n) is 3.92. The van der Waals surface area contributed by atoms with Crippen LogP contribution in [0.5, 0.6) is 0 Å². The van der Waals surface area contributed by atoms with Crippen LogP contribution in [0.3, 0.4) is 0 Å². The molecule has 1 rings (SSSR count). The van der Waals surface area contributed by atoms with Gasteiger partial charge in [-0.2, -0.15) is 0 Å². The fourth-order valence-corrected chi connectivity index (χ4v) is 1.74. The van der Waals surface area contributed by atoms with Gasteiger partial charge in [-0.1, -0.05) is 18.5 Å². The fourth-order valence-electron chi connectivity index (χ4n) is 0.677. The Morgan fingerprint density at radius 2 is 2.43 bits per heavy atom. The SMILES string of the molecule is CC(CSc1cncc(Cl)n1)C(=O)O. The molecular formula is C8H9ClN2O2S. The Balaban J connectivity index is 2.49. The van der Waals surface area contributed by atoms with Crippen molar-refractivity contribution < 1.29 is 9.90 Å². The minimum absolute atomic E-state index is 0.318. The third-order valence-electron chi connectivity index (χ3n) is 1.49. The minimum Gasteiger partial charge on any atom is -0.481 e. The molecule has 0 aliphatic rings. The number of carboxylic acid groups (broad SMARTS) is 1. The van der Waals surface area contributed by atoms with Crippen molar-refractivity contribution in [2.24, 2.45) is 5.92 Å². The lowest BCUT2D eigenvalue weighted by Crippen LogP contribution is -2.11. The Hall–Kier alpha value is -0.810. The zero-order valence-electron chi connectivity index (χ0n) is 7.48. The summed E-state index contributed by atoms with van der Waals surface area (Å²) in [5.41, 5.74) is 0. The van der Waals surface area contributed by atoms with E-state index in [4.69, 9.17) is 16.7 Å². The van der Waals surface area contributed by atoms with E-state index < -0.39 is 11.9 Å². The summed E-state index contributed by atoms with van der Waals surface area (Å²) in [6, 6.07) is 0. The number of nitrogens with zero attached hydrogens (tertiary/aromatic N) is 2. The molecule has 6 heteroatoms. The predicted molar refractivity (Wildman–Crippen MR) is 54.6 cm³/mol. The molecule has 0 aliphatic heterocycles. The fraction of sp³-hybridized carbons (Fsp3) is 0.375. The van der Waals surface area contributed by atoms with E-state index in [0.29, 0.717) is 15.9 Å². The van der Waals surface area contributed by atoms with E-state index >= 15 is 0 Å². The molecule has 0 bridgehead atoms. The van der Waals surface area contributed by atoms with Crippen LogP contribution >= 0.6 is 23.4 Å². The van der Waals surface area contributed by atoms with Gasteiger partial charge < -0.3 is 5.11 Å². The number of carboxylic acids is 1. The van der Waals surface area contributed by atoms with Crippen LogP contribution in [0.1, 0.15) is 6.92 Å². The molecule has 0 saturated carbocycles. The summed E-state index contributed by atoms with van der Waals surface area (Å²) in [5.74, 6) is -0.752. The number of carbonyl (C=O) groups is 1. The normalized spacial score (nSPS) is 12.4. The van der Waals surface area contributed by atoms with Gasteiger partial charge in [0.1, 0.15) is 10.2 Å². The molecule has 1 aromatic rings. The third-order valence-corrected chi connectivity index (χ3v) is 2.83. The molecule has 0 saturated heterocycles. The number of rotatable bonds is 4. The van der Waals surface area contributed by atoms with Crippen LogP contribution in [0.25, 0.3) is 0 Å². The Morgan fingerprint density at radius 3 is 3.00 bits per heavy atom. The molecule has 0 amide bonds. The van der Waals surface area contributed by atoms with Crippen molar-refractivity contribution >= 4 is 29.3 Å². The first kappa shape index (κ1) is 11.3. The second-order valence-corrected chi connectivity index (χ2v) is 4.16. The molecule has 14 heavy (non-hydrogen) atoms. The highest BCUT2D eigenvalue weighted by molar-refractivity contribution is 7.99. The van der Waals surface area contributed by atoms with Crippen LogP contribution in [-0.4, -0.2) is 26.8 Å². The average molecular weight is 233 g/mol. The quantitative estimate of drug-likeness (QED) is 0.804. The van der Waals surface area contributed by atoms with Crippen LogP contribution in [0.4, 0.5) is 0 Å². The number of hydrogen-bond acceptors (Lipinski definition) is 4. The number of hydrogen-bond donors (Lipinski definition) is 1. The lowest BCUT2D eigenvalue weighted by molar-refractivity contribution is -0.140. The van der Waals surface area contributed by atoms with Gasteiger partial charge in [-0.25, -0.2) is 4.98 Å². The molecule has 0 spiro atoms. The second kappa shape index (κ2) is 5.17. The zero-order chi connectivity index (χ0) is 10.6. The molecule has 1 heterocycles. The van der Waals surface area contributed by atoms with Gasteiger partial charge in [0.2, 0.25) is 0 Å². The van der Waals surface area contributed by atoms with Crippen LogP contribution in [0, 0.1) is 5.92 Å². The molecule has 0 fully saturated rings. The van der Waals surface area contributed by atoms with E-state index in [1.165, 1.54) is 18.0 Å². The molecule has 0 aromatic carbocycles. The van der Waals surface area contributed by atoms with E-state index in [-0.39, 0.29) is 0 Å². The van der Waals surface area contributed by atoms with Gasteiger partial charge in [-0.05, 0) is 0 Å². The van der Waals surface area contributed by atoms with Crippen molar-refractivity contribution in [2.75, 3.05) is 5.75 Å². The summed E-state index contributed by atoms with van der Waals surface area (Å²) in [4.78, 5) is 18.3. The second-order valence-electron chi connectivity index (χ2n) is 2.73. The Labute approximate surface area is 90.7 Å². The summed E-state index contributed by atoms with van der Waals surface area (Å²) >= 11 is 6.95. The Morgan fingerprint density at radius 1 is 1.71 bits per heavy atom. The molecule has 0 aliphatic carbocycles. The molecular weight excluding hydrogens is 224 g/mol. The van der Waals surface area contributed by atoms with Gasteiger partial charge in [-0.15, -0.1) is 11.8 Å². The van der Waals surface area contributed by atoms with E-state index in [9.17, 15) is 4.79 Å². The van der Waals surface area contributed by atoms with Crippen LogP contribution in [0.15, 0.2) is 17.4 Å². The number of thioether (sulfide) groups is 1. The highest BCUT2D eigenvalue weighted by Gasteiger charge is 2.11. The largest absolute Gasteiger partial charge is 0.481 e. The van der Waals surface area contributed by atoms with Gasteiger partial charge >= 0.3 is 5.97 Å². The van der Waals surface area contributed by atoms with E-state index in [1.54, 1.807) is 13.1 Å². The van der Waals surface area contributed by atoms with Crippen LogP contribution in [0.2, 0.25) is 5.15 Å². The van der Waals surface area contributed by atoms with Gasteiger partial charge in [0.25, 0.3) is 0 Å². The van der Waals surface area contributed by atoms with E-state index in [2.05, 4.69) is 9.97 Å². The van der Waals surface area contributed by atoms with Gasteiger partial charge in [0, 0.05) is 5.75 Å². The van der Waals surface area contributed by atoms with Crippen molar-refractivity contribution in [1.29, 1.82) is 0 Å². The van der Waals surface area contributed by atoms with Gasteiger partial charge in [0.15, 0.2) is 0 Å². The Bertz CT molecular complexity index is 335. The first-order chi connectivity index (χ1) is 6.59. The van der Waals surface area contributed by atoms with E-state index in [0.717, 1.165) is 0 Å². The average Bonchev–Trinajstić information content (AvgIpc) is 2.14. The molecule has 76 valence electrons. The maximum Gasteiger partial charge on any atom is 0.307 e. The molecule has 1 aromatic heterocycles. The number of halogens is 1. The number of aliphatic carboxylic acids is 1. The van der Waals surface area contributed by atoms with Crippen LogP contribution < -0.4 is 0 Å². The van der Waals surface area contributed by atoms with Gasteiger partial charge in [0.05, 0.1) is 18.3 Å². The van der Waals surface area contributed by atoms with E-state index in [1.807, 2.05) is 0 Å².